The first kappa shape index (κ1) is 15.6. The van der Waals surface area contributed by atoms with Crippen LogP contribution < -0.4 is 10.1 Å². The van der Waals surface area contributed by atoms with E-state index in [0.717, 1.165) is 10.5 Å². The van der Waals surface area contributed by atoms with Crippen LogP contribution in [-0.4, -0.2) is 23.5 Å². The first-order valence-electron chi connectivity index (χ1n) is 7.38. The average molecular weight is 327 g/mol. The number of rotatable bonds is 4. The third-order valence-corrected chi connectivity index (χ3v) is 4.94. The number of hydrogen-bond donors (Lipinski definition) is 1. The number of amides is 1. The van der Waals surface area contributed by atoms with Crippen molar-refractivity contribution < 1.29 is 14.3 Å². The molecule has 0 radical (unpaired) electrons. The highest BCUT2D eigenvalue weighted by Gasteiger charge is 2.21. The van der Waals surface area contributed by atoms with Crippen molar-refractivity contribution in [3.05, 3.63) is 53.6 Å². The average Bonchev–Trinajstić information content (AvgIpc) is 2.55. The van der Waals surface area contributed by atoms with Crippen LogP contribution >= 0.6 is 11.8 Å². The third-order valence-electron chi connectivity index (χ3n) is 3.66. The zero-order chi connectivity index (χ0) is 16.4. The Morgan fingerprint density at radius 2 is 2.04 bits per heavy atom. The molecular weight excluding hydrogens is 310 g/mol. The quantitative estimate of drug-likeness (QED) is 0.687. The Balaban J connectivity index is 1.79. The summed E-state index contributed by atoms with van der Waals surface area (Å²) in [6.07, 6.45) is 0. The molecule has 4 nitrogen and oxygen atoms in total. The monoisotopic (exact) mass is 327 g/mol. The molecule has 1 atom stereocenters. The van der Waals surface area contributed by atoms with Crippen molar-refractivity contribution in [3.8, 4) is 5.75 Å². The molecule has 0 aliphatic carbocycles. The molecule has 1 heterocycles. The van der Waals surface area contributed by atoms with Gasteiger partial charge in [-0.25, -0.2) is 0 Å². The minimum absolute atomic E-state index is 0.0137. The highest BCUT2D eigenvalue weighted by atomic mass is 32.2. The number of fused-ring (bicyclic) bond motifs is 1. The summed E-state index contributed by atoms with van der Waals surface area (Å²) in [4.78, 5) is 25.1. The van der Waals surface area contributed by atoms with Gasteiger partial charge in [0.25, 0.3) is 5.91 Å². The number of thioether (sulfide) groups is 1. The van der Waals surface area contributed by atoms with Crippen LogP contribution in [0, 0.1) is 6.92 Å². The van der Waals surface area contributed by atoms with Gasteiger partial charge in [0, 0.05) is 10.5 Å². The van der Waals surface area contributed by atoms with Crippen LogP contribution in [0.3, 0.4) is 0 Å². The maximum atomic E-state index is 12.7. The zero-order valence-corrected chi connectivity index (χ0v) is 13.8. The molecule has 1 aliphatic rings. The highest BCUT2D eigenvalue weighted by Crippen LogP contribution is 2.32. The predicted molar refractivity (Wildman–Crippen MR) is 91.4 cm³/mol. The predicted octanol–water partition coefficient (Wildman–Crippen LogP) is 3.69. The Kier molecular flexibility index (Phi) is 4.39. The Bertz CT molecular complexity index is 773. The number of Topliss-reactive ketones (excluding diaryl/α,β-unsaturated/α-hetero) is 1. The molecule has 5 heteroatoms. The fourth-order valence-corrected chi connectivity index (χ4v) is 3.44. The molecule has 0 spiro atoms. The number of ether oxygens (including phenoxy) is 1. The largest absolute Gasteiger partial charge is 0.482 e. The van der Waals surface area contributed by atoms with E-state index in [-0.39, 0.29) is 23.5 Å². The van der Waals surface area contributed by atoms with Gasteiger partial charge < -0.3 is 10.1 Å². The molecular formula is C18H17NO3S. The van der Waals surface area contributed by atoms with Gasteiger partial charge in [-0.3, -0.25) is 9.59 Å². The minimum Gasteiger partial charge on any atom is -0.482 e. The molecule has 1 aliphatic heterocycles. The van der Waals surface area contributed by atoms with Gasteiger partial charge in [0.2, 0.25) is 0 Å². The molecule has 118 valence electrons. The maximum Gasteiger partial charge on any atom is 0.262 e. The van der Waals surface area contributed by atoms with Crippen molar-refractivity contribution >= 4 is 29.1 Å². The van der Waals surface area contributed by atoms with E-state index in [1.54, 1.807) is 30.0 Å². The lowest BCUT2D eigenvalue weighted by atomic mass is 10.1. The van der Waals surface area contributed by atoms with Gasteiger partial charge in [0.1, 0.15) is 5.75 Å². The van der Waals surface area contributed by atoms with Crippen molar-refractivity contribution in [1.29, 1.82) is 0 Å². The van der Waals surface area contributed by atoms with Crippen molar-refractivity contribution in [2.75, 3.05) is 11.9 Å². The summed E-state index contributed by atoms with van der Waals surface area (Å²) in [6, 6.07) is 13.2. The number of aryl methyl sites for hydroxylation is 1. The summed E-state index contributed by atoms with van der Waals surface area (Å²) in [6.45, 7) is 3.94. The van der Waals surface area contributed by atoms with Crippen LogP contribution in [0.2, 0.25) is 0 Å². The standard InChI is InChI=1S/C18H17NO3S/c1-11-5-3-4-6-16(11)23-12(2)18(21)13-7-8-15-14(9-13)19-17(20)10-22-15/h3-9,12H,10H2,1-2H3,(H,19,20). The summed E-state index contributed by atoms with van der Waals surface area (Å²) >= 11 is 1.54. The van der Waals surface area contributed by atoms with Crippen LogP contribution in [0.4, 0.5) is 5.69 Å². The normalized spacial score (nSPS) is 14.4. The van der Waals surface area contributed by atoms with Crippen LogP contribution in [0.25, 0.3) is 0 Å². The number of benzene rings is 2. The van der Waals surface area contributed by atoms with Gasteiger partial charge in [-0.2, -0.15) is 0 Å². The van der Waals surface area contributed by atoms with E-state index < -0.39 is 0 Å². The van der Waals surface area contributed by atoms with E-state index in [0.29, 0.717) is 17.0 Å². The molecule has 1 unspecified atom stereocenters. The second-order valence-corrected chi connectivity index (χ2v) is 6.82. The lowest BCUT2D eigenvalue weighted by Gasteiger charge is -2.19. The number of hydrogen-bond acceptors (Lipinski definition) is 4. The molecule has 0 saturated carbocycles. The van der Waals surface area contributed by atoms with E-state index in [1.807, 2.05) is 38.1 Å². The van der Waals surface area contributed by atoms with Gasteiger partial charge in [-0.15, -0.1) is 11.8 Å². The molecule has 2 aromatic rings. The van der Waals surface area contributed by atoms with E-state index in [9.17, 15) is 9.59 Å². The maximum absolute atomic E-state index is 12.7. The number of nitrogens with one attached hydrogen (secondary N) is 1. The zero-order valence-electron chi connectivity index (χ0n) is 13.0. The third kappa shape index (κ3) is 3.40. The number of ketones is 1. The summed E-state index contributed by atoms with van der Waals surface area (Å²) in [5, 5.41) is 2.52. The van der Waals surface area contributed by atoms with E-state index >= 15 is 0 Å². The van der Waals surface area contributed by atoms with Crippen LogP contribution in [0.15, 0.2) is 47.4 Å². The van der Waals surface area contributed by atoms with Gasteiger partial charge >= 0.3 is 0 Å². The lowest BCUT2D eigenvalue weighted by Crippen LogP contribution is -2.25. The second-order valence-electron chi connectivity index (χ2n) is 5.44. The Hall–Kier alpha value is -2.27. The van der Waals surface area contributed by atoms with E-state index in [2.05, 4.69) is 5.32 Å². The SMILES string of the molecule is Cc1ccccc1SC(C)C(=O)c1ccc2c(c1)NC(=O)CO2. The summed E-state index contributed by atoms with van der Waals surface area (Å²) < 4.78 is 5.31. The summed E-state index contributed by atoms with van der Waals surface area (Å²) in [5.41, 5.74) is 2.28. The van der Waals surface area contributed by atoms with Crippen LogP contribution in [-0.2, 0) is 4.79 Å². The summed E-state index contributed by atoms with van der Waals surface area (Å²) in [5.74, 6) is 0.422. The molecule has 0 saturated heterocycles. The number of anilines is 1. The lowest BCUT2D eigenvalue weighted by molar-refractivity contribution is -0.118. The molecule has 0 fully saturated rings. The Morgan fingerprint density at radius 3 is 2.83 bits per heavy atom. The Morgan fingerprint density at radius 1 is 1.26 bits per heavy atom. The summed E-state index contributed by atoms with van der Waals surface area (Å²) in [7, 11) is 0. The fourth-order valence-electron chi connectivity index (χ4n) is 2.40. The van der Waals surface area contributed by atoms with Crippen molar-refractivity contribution in [1.82, 2.24) is 0 Å². The van der Waals surface area contributed by atoms with Gasteiger partial charge in [0.05, 0.1) is 10.9 Å². The highest BCUT2D eigenvalue weighted by molar-refractivity contribution is 8.00. The number of carbonyl (C=O) groups excluding carboxylic acids is 2. The van der Waals surface area contributed by atoms with Gasteiger partial charge in [-0.05, 0) is 43.7 Å². The molecule has 1 N–H and O–H groups in total. The molecule has 0 bridgehead atoms. The van der Waals surface area contributed by atoms with Gasteiger partial charge in [-0.1, -0.05) is 18.2 Å². The van der Waals surface area contributed by atoms with Crippen LogP contribution in [0.1, 0.15) is 22.8 Å². The molecule has 1 amide bonds. The van der Waals surface area contributed by atoms with E-state index in [4.69, 9.17) is 4.74 Å². The minimum atomic E-state index is -0.214. The van der Waals surface area contributed by atoms with Gasteiger partial charge in [0.15, 0.2) is 12.4 Å². The molecule has 3 rings (SSSR count). The van der Waals surface area contributed by atoms with Crippen molar-refractivity contribution in [2.24, 2.45) is 0 Å². The van der Waals surface area contributed by atoms with Crippen LogP contribution in [0.5, 0.6) is 5.75 Å². The topological polar surface area (TPSA) is 55.4 Å². The smallest absolute Gasteiger partial charge is 0.262 e. The fraction of sp³-hybridized carbons (Fsp3) is 0.222. The number of carbonyl (C=O) groups is 2. The molecule has 23 heavy (non-hydrogen) atoms. The first-order valence-corrected chi connectivity index (χ1v) is 8.26. The Labute approximate surface area is 139 Å². The van der Waals surface area contributed by atoms with Crippen molar-refractivity contribution in [3.63, 3.8) is 0 Å². The second kappa shape index (κ2) is 6.46. The molecule has 2 aromatic carbocycles. The molecule has 0 aromatic heterocycles. The van der Waals surface area contributed by atoms with Crippen molar-refractivity contribution in [2.45, 2.75) is 24.0 Å². The first-order chi connectivity index (χ1) is 11.0. The van der Waals surface area contributed by atoms with E-state index in [1.165, 1.54) is 0 Å².